The standard InChI is InChI=1S/C17H13Br2N3O4/c18-9-1-4-11(5-2-9)22-15(24)8-13(17(22)26)20-21-16(25)12-7-10(19)3-6-14(12)23/h1-7,13,20,23H,8H2,(H,21,25). The van der Waals surface area contributed by atoms with Gasteiger partial charge in [-0.15, -0.1) is 0 Å². The summed E-state index contributed by atoms with van der Waals surface area (Å²) in [5.41, 5.74) is 5.43. The van der Waals surface area contributed by atoms with E-state index in [1.807, 2.05) is 0 Å². The van der Waals surface area contributed by atoms with E-state index >= 15 is 0 Å². The third-order valence-corrected chi connectivity index (χ3v) is 4.82. The molecule has 1 fully saturated rings. The van der Waals surface area contributed by atoms with Crippen LogP contribution in [0.5, 0.6) is 5.75 Å². The maximum atomic E-state index is 12.5. The Labute approximate surface area is 165 Å². The Kier molecular flexibility index (Phi) is 5.40. The molecule has 0 spiro atoms. The minimum absolute atomic E-state index is 0.0356. The summed E-state index contributed by atoms with van der Waals surface area (Å²) >= 11 is 6.52. The fraction of sp³-hybridized carbons (Fsp3) is 0.118. The number of aromatic hydroxyl groups is 1. The van der Waals surface area contributed by atoms with Crippen LogP contribution < -0.4 is 15.8 Å². The molecule has 2 aromatic carbocycles. The van der Waals surface area contributed by atoms with Crippen molar-refractivity contribution in [3.63, 3.8) is 0 Å². The van der Waals surface area contributed by atoms with Gasteiger partial charge >= 0.3 is 0 Å². The van der Waals surface area contributed by atoms with E-state index in [0.717, 1.165) is 9.37 Å². The van der Waals surface area contributed by atoms with Crippen molar-refractivity contribution in [3.8, 4) is 5.75 Å². The zero-order chi connectivity index (χ0) is 18.8. The van der Waals surface area contributed by atoms with E-state index < -0.39 is 17.9 Å². The summed E-state index contributed by atoms with van der Waals surface area (Å²) in [6, 6.07) is 10.3. The van der Waals surface area contributed by atoms with Crippen LogP contribution in [0.1, 0.15) is 16.8 Å². The van der Waals surface area contributed by atoms with Gasteiger partial charge in [-0.2, -0.15) is 0 Å². The highest BCUT2D eigenvalue weighted by atomic mass is 79.9. The van der Waals surface area contributed by atoms with Gasteiger partial charge in [-0.05, 0) is 42.5 Å². The SMILES string of the molecule is O=C(NNC1CC(=O)N(c2ccc(Br)cc2)C1=O)c1cc(Br)ccc1O. The first kappa shape index (κ1) is 18.6. The molecule has 26 heavy (non-hydrogen) atoms. The van der Waals surface area contributed by atoms with Gasteiger partial charge in [0, 0.05) is 8.95 Å². The lowest BCUT2D eigenvalue weighted by atomic mass is 10.2. The van der Waals surface area contributed by atoms with Crippen LogP contribution in [0.4, 0.5) is 5.69 Å². The van der Waals surface area contributed by atoms with Crippen LogP contribution in [0.15, 0.2) is 51.4 Å². The maximum Gasteiger partial charge on any atom is 0.269 e. The molecule has 134 valence electrons. The van der Waals surface area contributed by atoms with Crippen LogP contribution in [0.3, 0.4) is 0 Å². The number of imide groups is 1. The highest BCUT2D eigenvalue weighted by Crippen LogP contribution is 2.25. The number of benzene rings is 2. The fourth-order valence-corrected chi connectivity index (χ4v) is 3.14. The molecule has 0 radical (unpaired) electrons. The number of phenols is 1. The lowest BCUT2D eigenvalue weighted by molar-refractivity contribution is -0.121. The number of rotatable bonds is 4. The average molecular weight is 483 g/mol. The quantitative estimate of drug-likeness (QED) is 0.459. The molecule has 9 heteroatoms. The highest BCUT2D eigenvalue weighted by molar-refractivity contribution is 9.10. The van der Waals surface area contributed by atoms with Gasteiger partial charge in [-0.1, -0.05) is 31.9 Å². The Morgan fingerprint density at radius 1 is 1.08 bits per heavy atom. The second-order valence-corrected chi connectivity index (χ2v) is 7.39. The molecular weight excluding hydrogens is 470 g/mol. The molecule has 1 atom stereocenters. The van der Waals surface area contributed by atoms with Gasteiger partial charge in [0.15, 0.2) is 0 Å². The number of halogens is 2. The van der Waals surface area contributed by atoms with Crippen molar-refractivity contribution in [2.24, 2.45) is 0 Å². The van der Waals surface area contributed by atoms with Crippen LogP contribution >= 0.6 is 31.9 Å². The van der Waals surface area contributed by atoms with E-state index in [-0.39, 0.29) is 23.6 Å². The summed E-state index contributed by atoms with van der Waals surface area (Å²) in [5, 5.41) is 9.76. The van der Waals surface area contributed by atoms with Gasteiger partial charge in [-0.3, -0.25) is 19.8 Å². The summed E-state index contributed by atoms with van der Waals surface area (Å²) in [5.74, 6) is -1.64. The summed E-state index contributed by atoms with van der Waals surface area (Å²) in [6.45, 7) is 0. The highest BCUT2D eigenvalue weighted by Gasteiger charge is 2.39. The molecule has 1 heterocycles. The minimum Gasteiger partial charge on any atom is -0.507 e. The normalized spacial score (nSPS) is 16.8. The first-order valence-electron chi connectivity index (χ1n) is 7.53. The number of phenolic OH excluding ortho intramolecular Hbond substituents is 1. The predicted molar refractivity (Wildman–Crippen MR) is 101 cm³/mol. The van der Waals surface area contributed by atoms with E-state index in [2.05, 4.69) is 42.7 Å². The van der Waals surface area contributed by atoms with Crippen molar-refractivity contribution >= 4 is 55.3 Å². The van der Waals surface area contributed by atoms with Gasteiger partial charge < -0.3 is 5.11 Å². The zero-order valence-electron chi connectivity index (χ0n) is 13.2. The summed E-state index contributed by atoms with van der Waals surface area (Å²) in [6.07, 6.45) is -0.0837. The van der Waals surface area contributed by atoms with Crippen LogP contribution in [-0.4, -0.2) is 28.9 Å². The molecular formula is C17H13Br2N3O4. The topological polar surface area (TPSA) is 98.7 Å². The van der Waals surface area contributed by atoms with E-state index in [1.165, 1.54) is 12.1 Å². The first-order valence-corrected chi connectivity index (χ1v) is 9.12. The molecule has 1 aliphatic heterocycles. The second-order valence-electron chi connectivity index (χ2n) is 5.56. The Morgan fingerprint density at radius 2 is 1.73 bits per heavy atom. The summed E-state index contributed by atoms with van der Waals surface area (Å²) in [4.78, 5) is 37.9. The predicted octanol–water partition coefficient (Wildman–Crippen LogP) is 2.48. The van der Waals surface area contributed by atoms with Crippen LogP contribution in [0, 0.1) is 0 Å². The van der Waals surface area contributed by atoms with Crippen molar-refractivity contribution in [1.29, 1.82) is 0 Å². The van der Waals surface area contributed by atoms with Crippen LogP contribution in [0.25, 0.3) is 0 Å². The van der Waals surface area contributed by atoms with E-state index in [0.29, 0.717) is 10.2 Å². The van der Waals surface area contributed by atoms with Gasteiger partial charge in [-0.25, -0.2) is 10.3 Å². The van der Waals surface area contributed by atoms with E-state index in [9.17, 15) is 19.5 Å². The third kappa shape index (κ3) is 3.79. The lowest BCUT2D eigenvalue weighted by Gasteiger charge is -2.16. The Morgan fingerprint density at radius 3 is 2.42 bits per heavy atom. The molecule has 0 saturated carbocycles. The van der Waals surface area contributed by atoms with Crippen LogP contribution in [0.2, 0.25) is 0 Å². The Bertz CT molecular complexity index is 886. The molecule has 3 amide bonds. The van der Waals surface area contributed by atoms with Gasteiger partial charge in [0.25, 0.3) is 11.8 Å². The molecule has 2 aromatic rings. The summed E-state index contributed by atoms with van der Waals surface area (Å²) < 4.78 is 1.45. The Balaban J connectivity index is 1.68. The average Bonchev–Trinajstić information content (AvgIpc) is 2.89. The number of carbonyl (C=O) groups excluding carboxylic acids is 3. The Hall–Kier alpha value is -2.23. The minimum atomic E-state index is -0.885. The van der Waals surface area contributed by atoms with E-state index in [1.54, 1.807) is 30.3 Å². The smallest absolute Gasteiger partial charge is 0.269 e. The van der Waals surface area contributed by atoms with Crippen molar-refractivity contribution in [1.82, 2.24) is 10.9 Å². The third-order valence-electron chi connectivity index (χ3n) is 3.79. The van der Waals surface area contributed by atoms with Crippen molar-refractivity contribution in [2.45, 2.75) is 12.5 Å². The van der Waals surface area contributed by atoms with Gasteiger partial charge in [0.1, 0.15) is 11.8 Å². The number of nitrogens with zero attached hydrogens (tertiary/aromatic N) is 1. The van der Waals surface area contributed by atoms with Crippen molar-refractivity contribution in [2.75, 3.05) is 4.90 Å². The summed E-state index contributed by atoms with van der Waals surface area (Å²) in [7, 11) is 0. The molecule has 0 bridgehead atoms. The number of hydrazine groups is 1. The molecule has 1 unspecified atom stereocenters. The zero-order valence-corrected chi connectivity index (χ0v) is 16.4. The number of amides is 3. The molecule has 0 aromatic heterocycles. The number of carbonyl (C=O) groups is 3. The van der Waals surface area contributed by atoms with Crippen molar-refractivity contribution in [3.05, 3.63) is 57.0 Å². The lowest BCUT2D eigenvalue weighted by Crippen LogP contribution is -2.48. The van der Waals surface area contributed by atoms with Gasteiger partial charge in [0.05, 0.1) is 17.7 Å². The largest absolute Gasteiger partial charge is 0.507 e. The molecule has 1 aliphatic rings. The number of hydrogen-bond acceptors (Lipinski definition) is 5. The molecule has 3 N–H and O–H groups in total. The van der Waals surface area contributed by atoms with Crippen molar-refractivity contribution < 1.29 is 19.5 Å². The second kappa shape index (κ2) is 7.56. The molecule has 0 aliphatic carbocycles. The maximum absolute atomic E-state index is 12.5. The number of anilines is 1. The number of nitrogens with one attached hydrogen (secondary N) is 2. The van der Waals surface area contributed by atoms with Crippen LogP contribution in [-0.2, 0) is 9.59 Å². The molecule has 1 saturated heterocycles. The fourth-order valence-electron chi connectivity index (χ4n) is 2.52. The van der Waals surface area contributed by atoms with E-state index in [4.69, 9.17) is 0 Å². The van der Waals surface area contributed by atoms with Gasteiger partial charge in [0.2, 0.25) is 5.91 Å². The molecule has 3 rings (SSSR count). The molecule has 7 nitrogen and oxygen atoms in total. The number of hydrogen-bond donors (Lipinski definition) is 3. The monoisotopic (exact) mass is 481 g/mol. The first-order chi connectivity index (χ1) is 12.4.